The van der Waals surface area contributed by atoms with E-state index < -0.39 is 27.2 Å². The summed E-state index contributed by atoms with van der Waals surface area (Å²) >= 11 is 0. The number of sulfonamides is 1. The van der Waals surface area contributed by atoms with Gasteiger partial charge in [-0.25, -0.2) is 8.42 Å². The zero-order chi connectivity index (χ0) is 12.5. The first-order valence-electron chi connectivity index (χ1n) is 5.50. The Morgan fingerprint density at radius 1 is 1.44 bits per heavy atom. The SMILES string of the molecule is CC1CC(C(=O)O)CCN1S(=O)(=O)C(C)C. The van der Waals surface area contributed by atoms with Crippen LogP contribution in [-0.2, 0) is 14.8 Å². The van der Waals surface area contributed by atoms with Crippen LogP contribution in [0.1, 0.15) is 33.6 Å². The minimum atomic E-state index is -3.26. The van der Waals surface area contributed by atoms with Gasteiger partial charge in [-0.05, 0) is 33.6 Å². The highest BCUT2D eigenvalue weighted by molar-refractivity contribution is 7.89. The molecule has 6 heteroatoms. The van der Waals surface area contributed by atoms with Crippen LogP contribution in [0.2, 0.25) is 0 Å². The topological polar surface area (TPSA) is 74.7 Å². The second-order valence-electron chi connectivity index (χ2n) is 4.61. The van der Waals surface area contributed by atoms with E-state index in [4.69, 9.17) is 5.11 Å². The minimum absolute atomic E-state index is 0.220. The second kappa shape index (κ2) is 4.71. The Morgan fingerprint density at radius 2 is 2.00 bits per heavy atom. The average molecular weight is 249 g/mol. The molecule has 2 unspecified atom stereocenters. The molecule has 1 heterocycles. The normalized spacial score (nSPS) is 28.2. The van der Waals surface area contributed by atoms with Crippen LogP contribution in [0.15, 0.2) is 0 Å². The lowest BCUT2D eigenvalue weighted by molar-refractivity contribution is -0.143. The van der Waals surface area contributed by atoms with Crippen LogP contribution >= 0.6 is 0 Å². The molecule has 1 rings (SSSR count). The monoisotopic (exact) mass is 249 g/mol. The van der Waals surface area contributed by atoms with Gasteiger partial charge in [0.05, 0.1) is 11.2 Å². The molecule has 1 N–H and O–H groups in total. The van der Waals surface area contributed by atoms with Crippen molar-refractivity contribution in [2.75, 3.05) is 6.54 Å². The number of carbonyl (C=O) groups is 1. The summed E-state index contributed by atoms with van der Waals surface area (Å²) in [6, 6.07) is -0.220. The average Bonchev–Trinajstić information content (AvgIpc) is 2.16. The molecular formula is C10H19NO4S. The third-order valence-electron chi connectivity index (χ3n) is 3.09. The molecule has 0 aliphatic carbocycles. The summed E-state index contributed by atoms with van der Waals surface area (Å²) in [5, 5.41) is 8.44. The number of piperidine rings is 1. The molecular weight excluding hydrogens is 230 g/mol. The van der Waals surface area contributed by atoms with Crippen molar-refractivity contribution in [3.05, 3.63) is 0 Å². The number of carboxylic acids is 1. The fourth-order valence-corrected chi connectivity index (χ4v) is 3.51. The maximum absolute atomic E-state index is 12.0. The lowest BCUT2D eigenvalue weighted by atomic mass is 9.93. The largest absolute Gasteiger partial charge is 0.481 e. The summed E-state index contributed by atoms with van der Waals surface area (Å²) in [5.74, 6) is -1.23. The van der Waals surface area contributed by atoms with Gasteiger partial charge in [-0.15, -0.1) is 0 Å². The Kier molecular flexibility index (Phi) is 3.96. The van der Waals surface area contributed by atoms with Crippen LogP contribution in [0.4, 0.5) is 0 Å². The van der Waals surface area contributed by atoms with Gasteiger partial charge in [0.25, 0.3) is 0 Å². The number of nitrogens with zero attached hydrogens (tertiary/aromatic N) is 1. The molecule has 0 aromatic carbocycles. The van der Waals surface area contributed by atoms with E-state index in [1.807, 2.05) is 0 Å². The van der Waals surface area contributed by atoms with E-state index in [0.29, 0.717) is 19.4 Å². The second-order valence-corrected chi connectivity index (χ2v) is 7.05. The maximum Gasteiger partial charge on any atom is 0.306 e. The first kappa shape index (κ1) is 13.4. The van der Waals surface area contributed by atoms with Crippen LogP contribution in [-0.4, -0.2) is 41.6 Å². The van der Waals surface area contributed by atoms with E-state index in [9.17, 15) is 13.2 Å². The van der Waals surface area contributed by atoms with E-state index in [1.165, 1.54) is 4.31 Å². The summed E-state index contributed by atoms with van der Waals surface area (Å²) in [6.45, 7) is 5.38. The summed E-state index contributed by atoms with van der Waals surface area (Å²) in [4.78, 5) is 10.8. The highest BCUT2D eigenvalue weighted by Gasteiger charge is 2.37. The Balaban J connectivity index is 2.79. The Bertz CT molecular complexity index is 363. The van der Waals surface area contributed by atoms with Crippen LogP contribution in [0.5, 0.6) is 0 Å². The molecule has 0 radical (unpaired) electrons. The Morgan fingerprint density at radius 3 is 2.38 bits per heavy atom. The third-order valence-corrected chi connectivity index (χ3v) is 5.47. The number of hydrogen-bond acceptors (Lipinski definition) is 3. The summed E-state index contributed by atoms with van der Waals surface area (Å²) in [6.07, 6.45) is 0.812. The Hall–Kier alpha value is -0.620. The molecule has 2 atom stereocenters. The molecule has 0 spiro atoms. The van der Waals surface area contributed by atoms with Crippen molar-refractivity contribution in [1.29, 1.82) is 0 Å². The molecule has 1 aliphatic heterocycles. The smallest absolute Gasteiger partial charge is 0.306 e. The molecule has 1 aliphatic rings. The Labute approximate surface area is 96.5 Å². The van der Waals surface area contributed by atoms with Crippen LogP contribution in [0.25, 0.3) is 0 Å². The van der Waals surface area contributed by atoms with Crippen LogP contribution < -0.4 is 0 Å². The van der Waals surface area contributed by atoms with Crippen LogP contribution in [0.3, 0.4) is 0 Å². The van der Waals surface area contributed by atoms with E-state index in [2.05, 4.69) is 0 Å². The zero-order valence-electron chi connectivity index (χ0n) is 9.88. The number of rotatable bonds is 3. The van der Waals surface area contributed by atoms with Gasteiger partial charge in [0.1, 0.15) is 0 Å². The van der Waals surface area contributed by atoms with Crippen molar-refractivity contribution in [3.8, 4) is 0 Å². The predicted octanol–water partition coefficient (Wildman–Crippen LogP) is 0.910. The van der Waals surface area contributed by atoms with Crippen molar-refractivity contribution >= 4 is 16.0 Å². The van der Waals surface area contributed by atoms with Crippen molar-refractivity contribution in [1.82, 2.24) is 4.31 Å². The maximum atomic E-state index is 12.0. The van der Waals surface area contributed by atoms with Crippen LogP contribution in [0, 0.1) is 5.92 Å². The van der Waals surface area contributed by atoms with Gasteiger partial charge < -0.3 is 5.11 Å². The molecule has 0 aromatic rings. The van der Waals surface area contributed by atoms with Crippen molar-refractivity contribution < 1.29 is 18.3 Å². The molecule has 1 fully saturated rings. The standard InChI is InChI=1S/C10H19NO4S/c1-7(2)16(14,15)11-5-4-9(10(12)13)6-8(11)3/h7-9H,4-6H2,1-3H3,(H,12,13). The summed E-state index contributed by atoms with van der Waals surface area (Å²) < 4.78 is 25.3. The first-order valence-corrected chi connectivity index (χ1v) is 7.00. The highest BCUT2D eigenvalue weighted by atomic mass is 32.2. The minimum Gasteiger partial charge on any atom is -0.481 e. The van der Waals surface area contributed by atoms with E-state index >= 15 is 0 Å². The van der Waals surface area contributed by atoms with Crippen molar-refractivity contribution in [2.45, 2.75) is 44.9 Å². The lowest BCUT2D eigenvalue weighted by Gasteiger charge is -2.36. The number of aliphatic carboxylic acids is 1. The van der Waals surface area contributed by atoms with Gasteiger partial charge in [-0.1, -0.05) is 0 Å². The molecule has 16 heavy (non-hydrogen) atoms. The zero-order valence-corrected chi connectivity index (χ0v) is 10.7. The quantitative estimate of drug-likeness (QED) is 0.806. The molecule has 0 amide bonds. The molecule has 1 saturated heterocycles. The predicted molar refractivity (Wildman–Crippen MR) is 60.6 cm³/mol. The van der Waals surface area contributed by atoms with Gasteiger partial charge in [0, 0.05) is 12.6 Å². The molecule has 0 aromatic heterocycles. The van der Waals surface area contributed by atoms with E-state index in [1.54, 1.807) is 20.8 Å². The first-order chi connectivity index (χ1) is 7.26. The lowest BCUT2D eigenvalue weighted by Crippen LogP contribution is -2.48. The van der Waals surface area contributed by atoms with Gasteiger partial charge in [0.2, 0.25) is 10.0 Å². The van der Waals surface area contributed by atoms with E-state index in [0.717, 1.165) is 0 Å². The van der Waals surface area contributed by atoms with Gasteiger partial charge in [0.15, 0.2) is 0 Å². The van der Waals surface area contributed by atoms with Gasteiger partial charge >= 0.3 is 5.97 Å². The van der Waals surface area contributed by atoms with Crippen molar-refractivity contribution in [2.24, 2.45) is 5.92 Å². The number of hydrogen-bond donors (Lipinski definition) is 1. The fraction of sp³-hybridized carbons (Fsp3) is 0.900. The molecule has 0 saturated carbocycles. The highest BCUT2D eigenvalue weighted by Crippen LogP contribution is 2.26. The number of carboxylic acid groups (broad SMARTS) is 1. The summed E-state index contributed by atoms with van der Waals surface area (Å²) in [5.41, 5.74) is 0. The third kappa shape index (κ3) is 2.55. The van der Waals surface area contributed by atoms with Gasteiger partial charge in [-0.2, -0.15) is 4.31 Å². The molecule has 94 valence electrons. The van der Waals surface area contributed by atoms with E-state index in [-0.39, 0.29) is 6.04 Å². The van der Waals surface area contributed by atoms with Gasteiger partial charge in [-0.3, -0.25) is 4.79 Å². The van der Waals surface area contributed by atoms with Crippen molar-refractivity contribution in [3.63, 3.8) is 0 Å². The molecule has 5 nitrogen and oxygen atoms in total. The molecule has 0 bridgehead atoms. The summed E-state index contributed by atoms with van der Waals surface area (Å²) in [7, 11) is -3.26. The fourth-order valence-electron chi connectivity index (χ4n) is 2.02.